The lowest BCUT2D eigenvalue weighted by atomic mass is 10.1. The maximum atomic E-state index is 13.0. The molecule has 4 aromatic rings. The molecule has 2 fully saturated rings. The predicted molar refractivity (Wildman–Crippen MR) is 167 cm³/mol. The molecule has 0 bridgehead atoms. The van der Waals surface area contributed by atoms with Gasteiger partial charge in [0, 0.05) is 43.1 Å². The molecule has 0 spiro atoms. The molecule has 2 aliphatic carbocycles. The lowest BCUT2D eigenvalue weighted by Crippen LogP contribution is -2.36. The van der Waals surface area contributed by atoms with Crippen molar-refractivity contribution in [3.63, 3.8) is 0 Å². The maximum Gasteiger partial charge on any atom is 0.408 e. The third-order valence-corrected chi connectivity index (χ3v) is 7.85. The van der Waals surface area contributed by atoms with E-state index >= 15 is 0 Å². The molecule has 2 saturated carbocycles. The van der Waals surface area contributed by atoms with Gasteiger partial charge in [0.25, 0.3) is 0 Å². The summed E-state index contributed by atoms with van der Waals surface area (Å²) in [5, 5.41) is 8.55. The molecule has 44 heavy (non-hydrogen) atoms. The third-order valence-electron chi connectivity index (χ3n) is 7.85. The number of nitrogens with zero attached hydrogens (tertiary/aromatic N) is 2. The second kappa shape index (κ2) is 13.6. The lowest BCUT2D eigenvalue weighted by molar-refractivity contribution is 0.0652. The predicted octanol–water partition coefficient (Wildman–Crippen LogP) is 6.84. The van der Waals surface area contributed by atoms with Gasteiger partial charge in [-0.2, -0.15) is 0 Å². The van der Waals surface area contributed by atoms with Gasteiger partial charge in [-0.3, -0.25) is 4.90 Å². The van der Waals surface area contributed by atoms with Crippen LogP contribution in [0.2, 0.25) is 0 Å². The van der Waals surface area contributed by atoms with E-state index in [9.17, 15) is 9.59 Å². The Balaban J connectivity index is 1.03. The number of amides is 3. The zero-order valence-corrected chi connectivity index (χ0v) is 24.7. The second-order valence-corrected chi connectivity index (χ2v) is 11.3. The Bertz CT molecular complexity index is 1550. The highest BCUT2D eigenvalue weighted by atomic mass is 16.6. The number of alkyl carbamates (subject to hydrolysis) is 1. The van der Waals surface area contributed by atoms with Crippen LogP contribution in [0.5, 0.6) is 5.75 Å². The summed E-state index contributed by atoms with van der Waals surface area (Å²) in [5.41, 5.74) is 3.67. The van der Waals surface area contributed by atoms with Crippen molar-refractivity contribution in [1.82, 2.24) is 15.2 Å². The molecule has 1 atom stereocenters. The number of hydrogen-bond acceptors (Lipinski definition) is 7. The minimum atomic E-state index is -0.472. The molecule has 10 nitrogen and oxygen atoms in total. The fourth-order valence-corrected chi connectivity index (χ4v) is 5.25. The molecule has 0 saturated heterocycles. The zero-order valence-electron chi connectivity index (χ0n) is 24.7. The van der Waals surface area contributed by atoms with Crippen LogP contribution in [0.1, 0.15) is 42.9 Å². The molecule has 1 aromatic heterocycles. The average molecular weight is 596 g/mol. The first-order chi connectivity index (χ1) is 21.5. The normalized spacial score (nSPS) is 15.0. The molecule has 3 amide bonds. The summed E-state index contributed by atoms with van der Waals surface area (Å²) >= 11 is 0. The number of aromatic nitrogens is 1. The number of anilines is 2. The summed E-state index contributed by atoms with van der Waals surface area (Å²) in [6.45, 7) is 2.03. The third kappa shape index (κ3) is 7.96. The highest BCUT2D eigenvalue weighted by molar-refractivity contribution is 6.00. The first kappa shape index (κ1) is 29.3. The average Bonchev–Trinajstić information content (AvgIpc) is 3.98. The Labute approximate surface area is 256 Å². The largest absolute Gasteiger partial charge is 0.496 e. The number of hydrogen-bond donors (Lipinski definition) is 3. The number of urea groups is 1. The van der Waals surface area contributed by atoms with Gasteiger partial charge < -0.3 is 29.8 Å². The van der Waals surface area contributed by atoms with Crippen LogP contribution in [0.15, 0.2) is 89.8 Å². The van der Waals surface area contributed by atoms with E-state index in [1.807, 2.05) is 48.5 Å². The van der Waals surface area contributed by atoms with Gasteiger partial charge in [-0.1, -0.05) is 42.5 Å². The Kier molecular flexibility index (Phi) is 9.07. The van der Waals surface area contributed by atoms with Gasteiger partial charge in [0.2, 0.25) is 0 Å². The zero-order chi connectivity index (χ0) is 30.3. The van der Waals surface area contributed by atoms with E-state index in [1.165, 1.54) is 32.1 Å². The number of ether oxygens (including phenoxy) is 2. The Hall–Kier alpha value is -4.83. The van der Waals surface area contributed by atoms with E-state index in [0.717, 1.165) is 29.2 Å². The van der Waals surface area contributed by atoms with E-state index in [0.29, 0.717) is 35.5 Å². The number of oxazole rings is 1. The van der Waals surface area contributed by atoms with Gasteiger partial charge in [-0.25, -0.2) is 14.6 Å². The first-order valence-electron chi connectivity index (χ1n) is 15.0. The monoisotopic (exact) mass is 595 g/mol. The highest BCUT2D eigenvalue weighted by Gasteiger charge is 2.35. The molecular weight excluding hydrogens is 558 g/mol. The number of carbonyl (C=O) groups is 2. The molecule has 2 aliphatic rings. The highest BCUT2D eigenvalue weighted by Crippen LogP contribution is 2.36. The fourth-order valence-electron chi connectivity index (χ4n) is 5.25. The quantitative estimate of drug-likeness (QED) is 0.155. The molecule has 0 unspecified atom stereocenters. The summed E-state index contributed by atoms with van der Waals surface area (Å²) in [5.74, 6) is 1.88. The van der Waals surface area contributed by atoms with E-state index in [1.54, 1.807) is 37.6 Å². The molecule has 228 valence electrons. The number of benzene rings is 3. The van der Waals surface area contributed by atoms with Crippen molar-refractivity contribution in [2.45, 2.75) is 44.4 Å². The standard InChI is InChI=1S/C34H37N5O5/c1-42-30-17-27(12-15-29(30)31-19-35-22-43-31)38-33(40)37-26-9-5-6-24(16-26)18-36-34(41)44-32(25-7-3-2-4-8-25)21-39(28-13-14-28)20-23-10-11-23/h2-9,12,15-17,19,22-23,28,32H,10-11,13-14,18,20-21H2,1H3,(H,36,41)(H2,37,38,40)/t32-/m1/s1. The Morgan fingerprint density at radius 3 is 2.48 bits per heavy atom. The topological polar surface area (TPSA) is 118 Å². The van der Waals surface area contributed by atoms with Crippen molar-refractivity contribution in [2.75, 3.05) is 30.8 Å². The summed E-state index contributed by atoms with van der Waals surface area (Å²) in [6.07, 6.45) is 7.14. The van der Waals surface area contributed by atoms with Gasteiger partial charge >= 0.3 is 12.1 Å². The van der Waals surface area contributed by atoms with Gasteiger partial charge in [0.15, 0.2) is 12.2 Å². The van der Waals surface area contributed by atoms with Crippen molar-refractivity contribution >= 4 is 23.5 Å². The van der Waals surface area contributed by atoms with Gasteiger partial charge in [-0.15, -0.1) is 0 Å². The minimum absolute atomic E-state index is 0.256. The van der Waals surface area contributed by atoms with Crippen LogP contribution < -0.4 is 20.7 Å². The molecular formula is C34H37N5O5. The number of methoxy groups -OCH3 is 1. The van der Waals surface area contributed by atoms with Crippen LogP contribution >= 0.6 is 0 Å². The Morgan fingerprint density at radius 1 is 0.977 bits per heavy atom. The molecule has 0 aliphatic heterocycles. The maximum absolute atomic E-state index is 13.0. The SMILES string of the molecule is COc1cc(NC(=O)Nc2cccc(CNC(=O)O[C@H](CN(CC3CC3)C3CC3)c3ccccc3)c2)ccc1-c1cnco1. The summed E-state index contributed by atoms with van der Waals surface area (Å²) in [7, 11) is 1.55. The summed E-state index contributed by atoms with van der Waals surface area (Å²) in [4.78, 5) is 32.2. The van der Waals surface area contributed by atoms with Crippen LogP contribution in [0.4, 0.5) is 21.0 Å². The van der Waals surface area contributed by atoms with E-state index < -0.39 is 12.1 Å². The smallest absolute Gasteiger partial charge is 0.408 e. The number of nitrogens with one attached hydrogen (secondary N) is 3. The summed E-state index contributed by atoms with van der Waals surface area (Å²) < 4.78 is 16.8. The molecule has 6 rings (SSSR count). The van der Waals surface area contributed by atoms with Crippen molar-refractivity contribution in [3.05, 3.63) is 96.5 Å². The second-order valence-electron chi connectivity index (χ2n) is 11.3. The number of carbonyl (C=O) groups excluding carboxylic acids is 2. The van der Waals surface area contributed by atoms with Crippen LogP contribution in [0.3, 0.4) is 0 Å². The van der Waals surface area contributed by atoms with Crippen molar-refractivity contribution in [3.8, 4) is 17.1 Å². The van der Waals surface area contributed by atoms with Crippen molar-refractivity contribution in [2.24, 2.45) is 5.92 Å². The van der Waals surface area contributed by atoms with Gasteiger partial charge in [0.1, 0.15) is 11.9 Å². The molecule has 0 radical (unpaired) electrons. The van der Waals surface area contributed by atoms with E-state index in [2.05, 4.69) is 25.8 Å². The lowest BCUT2D eigenvalue weighted by Gasteiger charge is -2.28. The molecule has 3 N–H and O–H groups in total. The summed E-state index contributed by atoms with van der Waals surface area (Å²) in [6, 6.07) is 22.7. The molecule has 1 heterocycles. The van der Waals surface area contributed by atoms with Crippen LogP contribution in [0, 0.1) is 5.92 Å². The van der Waals surface area contributed by atoms with Gasteiger partial charge in [-0.05, 0) is 67.0 Å². The first-order valence-corrected chi connectivity index (χ1v) is 15.0. The molecule has 10 heteroatoms. The molecule has 3 aromatic carbocycles. The number of rotatable bonds is 13. The van der Waals surface area contributed by atoms with Crippen LogP contribution in [0.25, 0.3) is 11.3 Å². The van der Waals surface area contributed by atoms with E-state index in [4.69, 9.17) is 13.9 Å². The van der Waals surface area contributed by atoms with E-state index in [-0.39, 0.29) is 12.6 Å². The fraction of sp³-hybridized carbons (Fsp3) is 0.324. The minimum Gasteiger partial charge on any atom is -0.496 e. The van der Waals surface area contributed by atoms with Gasteiger partial charge in [0.05, 0.1) is 18.9 Å². The van der Waals surface area contributed by atoms with Crippen LogP contribution in [-0.2, 0) is 11.3 Å². The van der Waals surface area contributed by atoms with Crippen molar-refractivity contribution in [1.29, 1.82) is 0 Å². The van der Waals surface area contributed by atoms with Crippen LogP contribution in [-0.4, -0.2) is 48.2 Å². The Morgan fingerprint density at radius 2 is 1.77 bits per heavy atom. The van der Waals surface area contributed by atoms with Crippen molar-refractivity contribution < 1.29 is 23.5 Å².